The molecular weight excluding hydrogens is 254 g/mol. The summed E-state index contributed by atoms with van der Waals surface area (Å²) < 4.78 is 0. The molecule has 2 amide bonds. The Balaban J connectivity index is 1.72. The average Bonchev–Trinajstić information content (AvgIpc) is 3.08. The molecule has 0 aromatic carbocycles. The number of fused-ring (bicyclic) bond motifs is 1. The van der Waals surface area contributed by atoms with Crippen LogP contribution in [0.3, 0.4) is 0 Å². The number of likely N-dealkylation sites (N-methyl/N-ethyl adjacent to an activating group) is 1. The van der Waals surface area contributed by atoms with Crippen molar-refractivity contribution in [2.75, 3.05) is 20.1 Å². The van der Waals surface area contributed by atoms with Crippen molar-refractivity contribution in [2.24, 2.45) is 11.8 Å². The average molecular weight is 279 g/mol. The Morgan fingerprint density at radius 2 is 2.00 bits per heavy atom. The molecule has 3 fully saturated rings. The lowest BCUT2D eigenvalue weighted by Gasteiger charge is -2.37. The van der Waals surface area contributed by atoms with E-state index in [0.717, 1.165) is 38.8 Å². The van der Waals surface area contributed by atoms with Gasteiger partial charge < -0.3 is 15.5 Å². The lowest BCUT2D eigenvalue weighted by Crippen LogP contribution is -2.56. The topological polar surface area (TPSA) is 61.4 Å². The molecule has 0 spiro atoms. The highest BCUT2D eigenvalue weighted by Crippen LogP contribution is 2.38. The molecule has 4 unspecified atom stereocenters. The number of carbonyl (C=O) groups excluding carboxylic acids is 2. The second-order valence-electron chi connectivity index (χ2n) is 6.40. The van der Waals surface area contributed by atoms with Crippen LogP contribution in [0.25, 0.3) is 0 Å². The summed E-state index contributed by atoms with van der Waals surface area (Å²) in [6.07, 6.45) is 6.50. The summed E-state index contributed by atoms with van der Waals surface area (Å²) in [6.45, 7) is 1.70. The van der Waals surface area contributed by atoms with E-state index in [1.54, 1.807) is 7.05 Å². The maximum atomic E-state index is 12.9. The fourth-order valence-electron chi connectivity index (χ4n) is 4.27. The molecule has 4 atom stereocenters. The van der Waals surface area contributed by atoms with Crippen molar-refractivity contribution >= 4 is 11.8 Å². The first-order chi connectivity index (χ1) is 9.72. The third-order valence-corrected chi connectivity index (χ3v) is 5.35. The van der Waals surface area contributed by atoms with E-state index < -0.39 is 0 Å². The number of hydrogen-bond acceptors (Lipinski definition) is 3. The number of hydrogen-bond donors (Lipinski definition) is 2. The Bertz CT molecular complexity index is 399. The van der Waals surface area contributed by atoms with Crippen LogP contribution in [0.5, 0.6) is 0 Å². The SMILES string of the molecule is CNC(=O)C1CCCCN1C(=O)C1NCC2CCCC21. The number of rotatable bonds is 2. The van der Waals surface area contributed by atoms with E-state index in [4.69, 9.17) is 0 Å². The maximum absolute atomic E-state index is 12.9. The molecule has 0 radical (unpaired) electrons. The van der Waals surface area contributed by atoms with E-state index in [-0.39, 0.29) is 23.9 Å². The number of amides is 2. The summed E-state index contributed by atoms with van der Waals surface area (Å²) in [7, 11) is 1.65. The Morgan fingerprint density at radius 1 is 1.15 bits per heavy atom. The minimum atomic E-state index is -0.261. The van der Waals surface area contributed by atoms with E-state index >= 15 is 0 Å². The number of nitrogens with one attached hydrogen (secondary N) is 2. The zero-order valence-corrected chi connectivity index (χ0v) is 12.2. The van der Waals surface area contributed by atoms with Gasteiger partial charge in [0.15, 0.2) is 0 Å². The van der Waals surface area contributed by atoms with Gasteiger partial charge in [0.05, 0.1) is 6.04 Å². The van der Waals surface area contributed by atoms with Crippen molar-refractivity contribution in [2.45, 2.75) is 50.6 Å². The van der Waals surface area contributed by atoms with Gasteiger partial charge in [0, 0.05) is 13.6 Å². The van der Waals surface area contributed by atoms with Crippen molar-refractivity contribution in [1.29, 1.82) is 0 Å². The fourth-order valence-corrected chi connectivity index (χ4v) is 4.27. The van der Waals surface area contributed by atoms with E-state index in [0.29, 0.717) is 11.8 Å². The molecule has 2 saturated heterocycles. The molecule has 5 nitrogen and oxygen atoms in total. The van der Waals surface area contributed by atoms with E-state index in [2.05, 4.69) is 10.6 Å². The molecule has 0 bridgehead atoms. The minimum Gasteiger partial charge on any atom is -0.357 e. The van der Waals surface area contributed by atoms with E-state index in [1.807, 2.05) is 4.90 Å². The summed E-state index contributed by atoms with van der Waals surface area (Å²) >= 11 is 0. The Morgan fingerprint density at radius 3 is 2.80 bits per heavy atom. The molecule has 1 aliphatic carbocycles. The molecule has 2 N–H and O–H groups in total. The quantitative estimate of drug-likeness (QED) is 0.774. The summed E-state index contributed by atoms with van der Waals surface area (Å²) in [4.78, 5) is 26.7. The third-order valence-electron chi connectivity index (χ3n) is 5.35. The van der Waals surface area contributed by atoms with Crippen LogP contribution in [-0.2, 0) is 9.59 Å². The molecule has 2 aliphatic heterocycles. The highest BCUT2D eigenvalue weighted by molar-refractivity contribution is 5.90. The lowest BCUT2D eigenvalue weighted by molar-refractivity contribution is -0.144. The first-order valence-corrected chi connectivity index (χ1v) is 7.98. The van der Waals surface area contributed by atoms with Crippen LogP contribution in [0.1, 0.15) is 38.5 Å². The van der Waals surface area contributed by atoms with Gasteiger partial charge in [-0.2, -0.15) is 0 Å². The standard InChI is InChI=1S/C15H25N3O2/c1-16-14(19)12-7-2-3-8-18(12)15(20)13-11-6-4-5-10(11)9-17-13/h10-13,17H,2-9H2,1H3,(H,16,19). The van der Waals surface area contributed by atoms with Crippen LogP contribution in [0.2, 0.25) is 0 Å². The van der Waals surface area contributed by atoms with Gasteiger partial charge in [-0.25, -0.2) is 0 Å². The van der Waals surface area contributed by atoms with Gasteiger partial charge in [0.25, 0.3) is 0 Å². The Hall–Kier alpha value is -1.10. The fraction of sp³-hybridized carbons (Fsp3) is 0.867. The molecule has 20 heavy (non-hydrogen) atoms. The zero-order chi connectivity index (χ0) is 14.1. The van der Waals surface area contributed by atoms with E-state index in [9.17, 15) is 9.59 Å². The maximum Gasteiger partial charge on any atom is 0.242 e. The largest absolute Gasteiger partial charge is 0.357 e. The molecule has 0 aromatic rings. The lowest BCUT2D eigenvalue weighted by atomic mass is 9.91. The smallest absolute Gasteiger partial charge is 0.242 e. The molecule has 1 saturated carbocycles. The van der Waals surface area contributed by atoms with Gasteiger partial charge >= 0.3 is 0 Å². The summed E-state index contributed by atoms with van der Waals surface area (Å²) in [5.74, 6) is 1.31. The first-order valence-electron chi connectivity index (χ1n) is 7.98. The second-order valence-corrected chi connectivity index (χ2v) is 6.40. The molecule has 3 aliphatic rings. The zero-order valence-electron chi connectivity index (χ0n) is 12.2. The van der Waals surface area contributed by atoms with Gasteiger partial charge in [0.2, 0.25) is 11.8 Å². The Kier molecular flexibility index (Phi) is 3.96. The van der Waals surface area contributed by atoms with Crippen LogP contribution in [0.4, 0.5) is 0 Å². The number of piperidine rings is 1. The van der Waals surface area contributed by atoms with Gasteiger partial charge in [-0.05, 0) is 50.5 Å². The van der Waals surface area contributed by atoms with Crippen molar-refractivity contribution in [3.8, 4) is 0 Å². The first kappa shape index (κ1) is 13.9. The van der Waals surface area contributed by atoms with Gasteiger partial charge in [-0.15, -0.1) is 0 Å². The number of nitrogens with zero attached hydrogens (tertiary/aromatic N) is 1. The Labute approximate surface area is 120 Å². The van der Waals surface area contributed by atoms with Crippen molar-refractivity contribution in [1.82, 2.24) is 15.5 Å². The summed E-state index contributed by atoms with van der Waals surface area (Å²) in [5, 5.41) is 6.11. The van der Waals surface area contributed by atoms with Crippen LogP contribution in [-0.4, -0.2) is 48.9 Å². The summed E-state index contributed by atoms with van der Waals surface area (Å²) in [6, 6.07) is -0.309. The predicted molar refractivity (Wildman–Crippen MR) is 76.0 cm³/mol. The summed E-state index contributed by atoms with van der Waals surface area (Å²) in [5.41, 5.74) is 0. The highest BCUT2D eigenvalue weighted by atomic mass is 16.2. The third kappa shape index (κ3) is 2.32. The number of carbonyl (C=O) groups is 2. The van der Waals surface area contributed by atoms with Crippen molar-refractivity contribution in [3.05, 3.63) is 0 Å². The molecular formula is C15H25N3O2. The highest BCUT2D eigenvalue weighted by Gasteiger charge is 2.45. The van der Waals surface area contributed by atoms with Crippen molar-refractivity contribution in [3.63, 3.8) is 0 Å². The second kappa shape index (κ2) is 5.72. The van der Waals surface area contributed by atoms with Crippen molar-refractivity contribution < 1.29 is 9.59 Å². The van der Waals surface area contributed by atoms with Gasteiger partial charge in [-0.1, -0.05) is 6.42 Å². The molecule has 0 aromatic heterocycles. The van der Waals surface area contributed by atoms with Crippen LogP contribution >= 0.6 is 0 Å². The number of likely N-dealkylation sites (tertiary alicyclic amines) is 1. The molecule has 5 heteroatoms. The van der Waals surface area contributed by atoms with Crippen LogP contribution < -0.4 is 10.6 Å². The monoisotopic (exact) mass is 279 g/mol. The van der Waals surface area contributed by atoms with Crippen LogP contribution in [0, 0.1) is 11.8 Å². The molecule has 112 valence electrons. The van der Waals surface area contributed by atoms with Gasteiger partial charge in [-0.3, -0.25) is 9.59 Å². The van der Waals surface area contributed by atoms with Gasteiger partial charge in [0.1, 0.15) is 6.04 Å². The van der Waals surface area contributed by atoms with E-state index in [1.165, 1.54) is 12.8 Å². The normalized spacial score (nSPS) is 36.8. The minimum absolute atomic E-state index is 0.0148. The predicted octanol–water partition coefficient (Wildman–Crippen LogP) is 0.502. The molecule has 2 heterocycles. The van der Waals surface area contributed by atoms with Crippen LogP contribution in [0.15, 0.2) is 0 Å². The molecule has 3 rings (SSSR count).